The van der Waals surface area contributed by atoms with Crippen molar-refractivity contribution in [3.05, 3.63) is 51.1 Å². The highest BCUT2D eigenvalue weighted by molar-refractivity contribution is 9.10. The number of H-pyrrole nitrogens is 1. The summed E-state index contributed by atoms with van der Waals surface area (Å²) >= 11 is 3.23. The molecule has 0 spiro atoms. The second-order valence-corrected chi connectivity index (χ2v) is 3.96. The van der Waals surface area contributed by atoms with Gasteiger partial charge in [0.05, 0.1) is 11.3 Å². The Morgan fingerprint density at radius 2 is 2.19 bits per heavy atom. The Balaban J connectivity index is 2.57. The molecule has 0 amide bonds. The molecule has 0 aliphatic carbocycles. The molecule has 1 heterocycles. The smallest absolute Gasteiger partial charge is 0.335 e. The van der Waals surface area contributed by atoms with Gasteiger partial charge in [0.25, 0.3) is 0 Å². The summed E-state index contributed by atoms with van der Waals surface area (Å²) < 4.78 is 1.93. The van der Waals surface area contributed by atoms with Crippen molar-refractivity contribution in [2.24, 2.45) is 0 Å². The normalized spacial score (nSPS) is 10.3. The summed E-state index contributed by atoms with van der Waals surface area (Å²) in [6.07, 6.45) is 3.09. The fraction of sp³-hybridized carbons (Fsp3) is 0. The molecule has 82 valence electrons. The van der Waals surface area contributed by atoms with Gasteiger partial charge in [-0.25, -0.2) is 9.59 Å². The van der Waals surface area contributed by atoms with E-state index in [4.69, 9.17) is 5.11 Å². The molecule has 0 saturated carbocycles. The summed E-state index contributed by atoms with van der Waals surface area (Å²) in [7, 11) is 0. The number of aromatic carboxylic acids is 1. The van der Waals surface area contributed by atoms with Crippen LogP contribution in [0, 0.1) is 0 Å². The number of nitrogens with one attached hydrogen (secondary N) is 1. The van der Waals surface area contributed by atoms with Crippen LogP contribution in [0.1, 0.15) is 10.4 Å². The standard InChI is InChI=1S/C10H7BrN2O3/c11-7-5-6(9(14)15)1-2-8(7)13-4-3-12-10(13)16/h1-5H,(H,12,16)(H,14,15). The molecule has 6 heteroatoms. The number of imidazole rings is 1. The van der Waals surface area contributed by atoms with Gasteiger partial charge in [-0.3, -0.25) is 4.57 Å². The van der Waals surface area contributed by atoms with Crippen LogP contribution in [-0.2, 0) is 0 Å². The van der Waals surface area contributed by atoms with Crippen molar-refractivity contribution in [1.29, 1.82) is 0 Å². The number of carboxylic acid groups (broad SMARTS) is 1. The van der Waals surface area contributed by atoms with E-state index in [0.717, 1.165) is 0 Å². The second-order valence-electron chi connectivity index (χ2n) is 3.11. The van der Waals surface area contributed by atoms with Crippen molar-refractivity contribution < 1.29 is 9.90 Å². The molecule has 16 heavy (non-hydrogen) atoms. The molecule has 0 atom stereocenters. The van der Waals surface area contributed by atoms with Crippen molar-refractivity contribution in [1.82, 2.24) is 9.55 Å². The van der Waals surface area contributed by atoms with E-state index in [2.05, 4.69) is 20.9 Å². The summed E-state index contributed by atoms with van der Waals surface area (Å²) in [4.78, 5) is 24.6. The first-order chi connectivity index (χ1) is 7.59. The number of hydrogen-bond acceptors (Lipinski definition) is 2. The number of carboxylic acids is 1. The molecule has 0 bridgehead atoms. The SMILES string of the molecule is O=C(O)c1ccc(-n2cc[nH]c2=O)c(Br)c1. The third-order valence-corrected chi connectivity index (χ3v) is 2.74. The maximum atomic E-state index is 11.4. The summed E-state index contributed by atoms with van der Waals surface area (Å²) in [6.45, 7) is 0. The van der Waals surface area contributed by atoms with E-state index in [9.17, 15) is 9.59 Å². The largest absolute Gasteiger partial charge is 0.478 e. The van der Waals surface area contributed by atoms with Crippen LogP contribution < -0.4 is 5.69 Å². The van der Waals surface area contributed by atoms with E-state index in [1.807, 2.05) is 0 Å². The quantitative estimate of drug-likeness (QED) is 0.879. The van der Waals surface area contributed by atoms with E-state index in [-0.39, 0.29) is 11.3 Å². The zero-order chi connectivity index (χ0) is 11.7. The molecule has 0 aliphatic rings. The fourth-order valence-corrected chi connectivity index (χ4v) is 1.92. The Hall–Kier alpha value is -1.82. The highest BCUT2D eigenvalue weighted by Crippen LogP contribution is 2.21. The van der Waals surface area contributed by atoms with E-state index in [1.54, 1.807) is 12.3 Å². The van der Waals surface area contributed by atoms with Crippen LogP contribution in [0.3, 0.4) is 0 Å². The summed E-state index contributed by atoms with van der Waals surface area (Å²) in [5.74, 6) is -1.01. The average Bonchev–Trinajstić information content (AvgIpc) is 2.64. The Morgan fingerprint density at radius 1 is 1.44 bits per heavy atom. The van der Waals surface area contributed by atoms with E-state index in [1.165, 1.54) is 22.9 Å². The molecular formula is C10H7BrN2O3. The van der Waals surface area contributed by atoms with E-state index < -0.39 is 5.97 Å². The molecule has 2 aromatic rings. The van der Waals surface area contributed by atoms with Crippen molar-refractivity contribution in [2.75, 3.05) is 0 Å². The minimum absolute atomic E-state index is 0.166. The summed E-state index contributed by atoms with van der Waals surface area (Å²) in [5.41, 5.74) is 0.485. The predicted molar refractivity (Wildman–Crippen MR) is 61.0 cm³/mol. The average molecular weight is 283 g/mol. The van der Waals surface area contributed by atoms with E-state index in [0.29, 0.717) is 10.2 Å². The van der Waals surface area contributed by atoms with Gasteiger partial charge >= 0.3 is 11.7 Å². The maximum absolute atomic E-state index is 11.4. The van der Waals surface area contributed by atoms with Gasteiger partial charge in [0.15, 0.2) is 0 Å². The number of hydrogen-bond donors (Lipinski definition) is 2. The molecule has 0 saturated heterocycles. The van der Waals surface area contributed by atoms with Crippen molar-refractivity contribution >= 4 is 21.9 Å². The number of nitrogens with zero attached hydrogens (tertiary/aromatic N) is 1. The minimum atomic E-state index is -1.01. The molecule has 0 fully saturated rings. The highest BCUT2D eigenvalue weighted by atomic mass is 79.9. The van der Waals surface area contributed by atoms with Crippen LogP contribution in [0.5, 0.6) is 0 Å². The number of aromatic amines is 1. The summed E-state index contributed by atoms with van der Waals surface area (Å²) in [6, 6.07) is 4.47. The Bertz CT molecular complexity index is 600. The van der Waals surface area contributed by atoms with Gasteiger partial charge < -0.3 is 10.1 Å². The van der Waals surface area contributed by atoms with Crippen LogP contribution in [0.25, 0.3) is 5.69 Å². The van der Waals surface area contributed by atoms with Gasteiger partial charge in [-0.2, -0.15) is 0 Å². The second kappa shape index (κ2) is 3.97. The molecule has 1 aromatic heterocycles. The molecule has 2 N–H and O–H groups in total. The Labute approximate surface area is 98.5 Å². The van der Waals surface area contributed by atoms with Gasteiger partial charge in [0, 0.05) is 16.9 Å². The molecular weight excluding hydrogens is 276 g/mol. The maximum Gasteiger partial charge on any atom is 0.335 e. The molecule has 0 radical (unpaired) electrons. The number of rotatable bonds is 2. The van der Waals surface area contributed by atoms with E-state index >= 15 is 0 Å². The Kier molecular flexibility index (Phi) is 2.66. The molecule has 5 nitrogen and oxygen atoms in total. The number of carbonyl (C=O) groups is 1. The third kappa shape index (κ3) is 1.79. The van der Waals surface area contributed by atoms with Gasteiger partial charge in [-0.15, -0.1) is 0 Å². The molecule has 2 rings (SSSR count). The minimum Gasteiger partial charge on any atom is -0.478 e. The lowest BCUT2D eigenvalue weighted by molar-refractivity contribution is 0.0697. The lowest BCUT2D eigenvalue weighted by Crippen LogP contribution is -2.14. The van der Waals surface area contributed by atoms with Crippen molar-refractivity contribution in [3.63, 3.8) is 0 Å². The Morgan fingerprint density at radius 3 is 2.69 bits per heavy atom. The fourth-order valence-electron chi connectivity index (χ4n) is 1.35. The lowest BCUT2D eigenvalue weighted by Gasteiger charge is -2.04. The monoisotopic (exact) mass is 282 g/mol. The highest BCUT2D eigenvalue weighted by Gasteiger charge is 2.09. The lowest BCUT2D eigenvalue weighted by atomic mass is 10.2. The van der Waals surface area contributed by atoms with Crippen LogP contribution in [-0.4, -0.2) is 20.6 Å². The first-order valence-electron chi connectivity index (χ1n) is 4.39. The first-order valence-corrected chi connectivity index (χ1v) is 5.18. The topological polar surface area (TPSA) is 75.1 Å². The molecule has 0 unspecified atom stereocenters. The third-order valence-electron chi connectivity index (χ3n) is 2.10. The first kappa shape index (κ1) is 10.7. The van der Waals surface area contributed by atoms with Gasteiger partial charge in [-0.1, -0.05) is 0 Å². The van der Waals surface area contributed by atoms with Crippen LogP contribution >= 0.6 is 15.9 Å². The van der Waals surface area contributed by atoms with Crippen LogP contribution in [0.2, 0.25) is 0 Å². The number of benzene rings is 1. The van der Waals surface area contributed by atoms with Crippen molar-refractivity contribution in [3.8, 4) is 5.69 Å². The van der Waals surface area contributed by atoms with Crippen LogP contribution in [0.15, 0.2) is 39.9 Å². The zero-order valence-corrected chi connectivity index (χ0v) is 9.56. The predicted octanol–water partition coefficient (Wildman–Crippen LogP) is 1.63. The van der Waals surface area contributed by atoms with Crippen LogP contribution in [0.4, 0.5) is 0 Å². The number of halogens is 1. The van der Waals surface area contributed by atoms with Gasteiger partial charge in [0.2, 0.25) is 0 Å². The molecule has 1 aromatic carbocycles. The summed E-state index contributed by atoms with van der Waals surface area (Å²) in [5, 5.41) is 8.79. The van der Waals surface area contributed by atoms with Gasteiger partial charge in [-0.05, 0) is 34.1 Å². The molecule has 0 aliphatic heterocycles. The van der Waals surface area contributed by atoms with Gasteiger partial charge in [0.1, 0.15) is 0 Å². The zero-order valence-electron chi connectivity index (χ0n) is 7.98. The van der Waals surface area contributed by atoms with Crippen molar-refractivity contribution in [2.45, 2.75) is 0 Å². The number of aromatic nitrogens is 2.